The molecule has 1 saturated heterocycles. The summed E-state index contributed by atoms with van der Waals surface area (Å²) < 4.78 is 23.9. The second-order valence-electron chi connectivity index (χ2n) is 5.81. The molecular formula is C19H15ClFNO5S. The van der Waals surface area contributed by atoms with Gasteiger partial charge in [-0.3, -0.25) is 9.69 Å². The van der Waals surface area contributed by atoms with Crippen LogP contribution in [0, 0.1) is 5.82 Å². The molecule has 1 heterocycles. The number of amides is 1. The Morgan fingerprint density at radius 2 is 1.75 bits per heavy atom. The van der Waals surface area contributed by atoms with Crippen LogP contribution in [-0.2, 0) is 14.3 Å². The summed E-state index contributed by atoms with van der Waals surface area (Å²) in [7, 11) is 2.40. The quantitative estimate of drug-likeness (QED) is 0.696. The molecule has 1 amide bonds. The maximum atomic E-state index is 14.5. The SMILES string of the molecule is COC(=O)c1cc(C(=O)OC)cc(N2C(=O)CS[C@H]2c2c(F)cccc2Cl)c1. The summed E-state index contributed by atoms with van der Waals surface area (Å²) in [5.74, 6) is -2.15. The molecule has 6 nitrogen and oxygen atoms in total. The molecule has 0 N–H and O–H groups in total. The fraction of sp³-hybridized carbons (Fsp3) is 0.211. The van der Waals surface area contributed by atoms with Gasteiger partial charge in [0.15, 0.2) is 0 Å². The van der Waals surface area contributed by atoms with Crippen molar-refractivity contribution in [2.75, 3.05) is 24.9 Å². The van der Waals surface area contributed by atoms with E-state index in [4.69, 9.17) is 21.1 Å². The number of rotatable bonds is 4. The molecule has 0 aliphatic carbocycles. The van der Waals surface area contributed by atoms with Crippen LogP contribution in [0.2, 0.25) is 5.02 Å². The number of halogens is 2. The van der Waals surface area contributed by atoms with Crippen LogP contribution in [0.25, 0.3) is 0 Å². The lowest BCUT2D eigenvalue weighted by molar-refractivity contribution is -0.115. The third kappa shape index (κ3) is 3.70. The van der Waals surface area contributed by atoms with E-state index in [-0.39, 0.29) is 39.1 Å². The Hall–Kier alpha value is -2.58. The first-order valence-electron chi connectivity index (χ1n) is 8.06. The average Bonchev–Trinajstić information content (AvgIpc) is 3.07. The Labute approximate surface area is 169 Å². The minimum absolute atomic E-state index is 0.0588. The van der Waals surface area contributed by atoms with Gasteiger partial charge in [0.05, 0.1) is 31.1 Å². The van der Waals surface area contributed by atoms with Crippen LogP contribution in [-0.4, -0.2) is 37.8 Å². The van der Waals surface area contributed by atoms with Crippen molar-refractivity contribution in [3.05, 3.63) is 63.9 Å². The number of esters is 2. The highest BCUT2D eigenvalue weighted by Crippen LogP contribution is 2.45. The third-order valence-electron chi connectivity index (χ3n) is 4.15. The highest BCUT2D eigenvalue weighted by molar-refractivity contribution is 8.00. The van der Waals surface area contributed by atoms with E-state index in [0.29, 0.717) is 0 Å². The topological polar surface area (TPSA) is 72.9 Å². The molecule has 0 unspecified atom stereocenters. The summed E-state index contributed by atoms with van der Waals surface area (Å²) in [6.45, 7) is 0. The summed E-state index contributed by atoms with van der Waals surface area (Å²) in [6, 6.07) is 8.38. The molecular weight excluding hydrogens is 409 g/mol. The maximum Gasteiger partial charge on any atom is 0.337 e. The zero-order valence-electron chi connectivity index (χ0n) is 14.9. The van der Waals surface area contributed by atoms with Gasteiger partial charge in [0, 0.05) is 16.3 Å². The number of anilines is 1. The van der Waals surface area contributed by atoms with Gasteiger partial charge in [0.2, 0.25) is 5.91 Å². The second-order valence-corrected chi connectivity index (χ2v) is 7.29. The number of carbonyl (C=O) groups excluding carboxylic acids is 3. The van der Waals surface area contributed by atoms with Crippen LogP contribution < -0.4 is 4.90 Å². The predicted octanol–water partition coefficient (Wildman–Crippen LogP) is 3.83. The molecule has 0 bridgehead atoms. The van der Waals surface area contributed by atoms with E-state index in [0.717, 1.165) is 0 Å². The maximum absolute atomic E-state index is 14.5. The van der Waals surface area contributed by atoms with Crippen LogP contribution in [0.5, 0.6) is 0 Å². The van der Waals surface area contributed by atoms with Crippen LogP contribution in [0.1, 0.15) is 31.7 Å². The van der Waals surface area contributed by atoms with E-state index in [2.05, 4.69) is 0 Å². The van der Waals surface area contributed by atoms with E-state index in [1.165, 1.54) is 67.3 Å². The molecule has 0 radical (unpaired) electrons. The van der Waals surface area contributed by atoms with Crippen molar-refractivity contribution in [2.24, 2.45) is 0 Å². The number of methoxy groups -OCH3 is 2. The third-order valence-corrected chi connectivity index (χ3v) is 5.66. The van der Waals surface area contributed by atoms with E-state index < -0.39 is 23.1 Å². The van der Waals surface area contributed by atoms with Gasteiger partial charge in [-0.15, -0.1) is 11.8 Å². The summed E-state index contributed by atoms with van der Waals surface area (Å²) >= 11 is 7.37. The van der Waals surface area contributed by atoms with Gasteiger partial charge < -0.3 is 9.47 Å². The number of hydrogen-bond acceptors (Lipinski definition) is 6. The standard InChI is InChI=1S/C19H15ClFNO5S/c1-26-18(24)10-6-11(19(25)27-2)8-12(7-10)22-15(23)9-28-17(22)16-13(20)4-3-5-14(16)21/h3-8,17H,9H2,1-2H3/t17-/m0/s1. The van der Waals surface area contributed by atoms with Crippen molar-refractivity contribution in [1.29, 1.82) is 0 Å². The zero-order valence-corrected chi connectivity index (χ0v) is 16.5. The van der Waals surface area contributed by atoms with Crippen LogP contribution in [0.4, 0.5) is 10.1 Å². The fourth-order valence-electron chi connectivity index (χ4n) is 2.89. The van der Waals surface area contributed by atoms with Crippen LogP contribution >= 0.6 is 23.4 Å². The van der Waals surface area contributed by atoms with Gasteiger partial charge in [0.25, 0.3) is 0 Å². The predicted molar refractivity (Wildman–Crippen MR) is 103 cm³/mol. The molecule has 0 spiro atoms. The van der Waals surface area contributed by atoms with Crippen LogP contribution in [0.15, 0.2) is 36.4 Å². The number of nitrogens with zero attached hydrogens (tertiary/aromatic N) is 1. The van der Waals surface area contributed by atoms with Crippen molar-refractivity contribution in [3.63, 3.8) is 0 Å². The van der Waals surface area contributed by atoms with E-state index in [9.17, 15) is 18.8 Å². The lowest BCUT2D eigenvalue weighted by Crippen LogP contribution is -2.29. The number of carbonyl (C=O) groups is 3. The zero-order chi connectivity index (χ0) is 20.4. The van der Waals surface area contributed by atoms with Gasteiger partial charge >= 0.3 is 11.9 Å². The van der Waals surface area contributed by atoms with Crippen molar-refractivity contribution >= 4 is 46.9 Å². The molecule has 3 rings (SSSR count). The Balaban J connectivity index is 2.15. The number of hydrogen-bond donors (Lipinski definition) is 0. The molecule has 2 aromatic rings. The molecule has 0 aromatic heterocycles. The van der Waals surface area contributed by atoms with Gasteiger partial charge in [-0.2, -0.15) is 0 Å². The van der Waals surface area contributed by atoms with Crippen LogP contribution in [0.3, 0.4) is 0 Å². The van der Waals surface area contributed by atoms with Gasteiger partial charge in [-0.1, -0.05) is 17.7 Å². The lowest BCUT2D eigenvalue weighted by atomic mass is 10.1. The summed E-state index contributed by atoms with van der Waals surface area (Å²) in [4.78, 5) is 37.9. The smallest absolute Gasteiger partial charge is 0.337 e. The average molecular weight is 424 g/mol. The molecule has 9 heteroatoms. The molecule has 146 valence electrons. The lowest BCUT2D eigenvalue weighted by Gasteiger charge is -2.26. The van der Waals surface area contributed by atoms with Gasteiger partial charge in [-0.05, 0) is 30.3 Å². The largest absolute Gasteiger partial charge is 0.465 e. The first kappa shape index (κ1) is 20.2. The monoisotopic (exact) mass is 423 g/mol. The molecule has 1 fully saturated rings. The normalized spacial score (nSPS) is 16.2. The minimum Gasteiger partial charge on any atom is -0.465 e. The molecule has 1 aliphatic rings. The fourth-order valence-corrected chi connectivity index (χ4v) is 4.45. The molecule has 0 saturated carbocycles. The van der Waals surface area contributed by atoms with E-state index in [1.54, 1.807) is 0 Å². The number of thioether (sulfide) groups is 1. The Bertz CT molecular complexity index is 913. The Kier molecular flexibility index (Phi) is 5.90. The van der Waals surface area contributed by atoms with E-state index in [1.807, 2.05) is 0 Å². The first-order chi connectivity index (χ1) is 13.4. The Morgan fingerprint density at radius 3 is 2.29 bits per heavy atom. The van der Waals surface area contributed by atoms with Crippen molar-refractivity contribution < 1.29 is 28.2 Å². The van der Waals surface area contributed by atoms with Gasteiger partial charge in [-0.25, -0.2) is 14.0 Å². The summed E-state index contributed by atoms with van der Waals surface area (Å²) in [6.07, 6.45) is 0. The second kappa shape index (κ2) is 8.20. The molecule has 2 aromatic carbocycles. The van der Waals surface area contributed by atoms with Crippen molar-refractivity contribution in [2.45, 2.75) is 5.37 Å². The van der Waals surface area contributed by atoms with Crippen molar-refractivity contribution in [1.82, 2.24) is 0 Å². The molecule has 1 aliphatic heterocycles. The van der Waals surface area contributed by atoms with Gasteiger partial charge in [0.1, 0.15) is 11.2 Å². The number of ether oxygens (including phenoxy) is 2. The number of benzene rings is 2. The summed E-state index contributed by atoms with van der Waals surface area (Å²) in [5.41, 5.74) is 0.512. The first-order valence-corrected chi connectivity index (χ1v) is 9.49. The molecule has 1 atom stereocenters. The van der Waals surface area contributed by atoms with Crippen molar-refractivity contribution in [3.8, 4) is 0 Å². The van der Waals surface area contributed by atoms with E-state index >= 15 is 0 Å². The highest BCUT2D eigenvalue weighted by Gasteiger charge is 2.37. The Morgan fingerprint density at radius 1 is 1.14 bits per heavy atom. The summed E-state index contributed by atoms with van der Waals surface area (Å²) in [5, 5.41) is -0.575. The highest BCUT2D eigenvalue weighted by atomic mass is 35.5. The molecule has 28 heavy (non-hydrogen) atoms. The minimum atomic E-state index is -0.750.